The summed E-state index contributed by atoms with van der Waals surface area (Å²) in [5.74, 6) is -1.96. The van der Waals surface area contributed by atoms with Crippen molar-refractivity contribution in [1.82, 2.24) is 5.48 Å². The van der Waals surface area contributed by atoms with Gasteiger partial charge < -0.3 is 16.2 Å². The fraction of sp³-hybridized carbons (Fsp3) is 0.176. The van der Waals surface area contributed by atoms with Gasteiger partial charge in [0.15, 0.2) is 0 Å². The molecule has 5 N–H and O–H groups in total. The Bertz CT molecular complexity index is 845. The quantitative estimate of drug-likeness (QED) is 0.326. The van der Waals surface area contributed by atoms with Crippen molar-refractivity contribution in [3.05, 3.63) is 52.8 Å². The summed E-state index contributed by atoms with van der Waals surface area (Å²) in [7, 11) is 5.52. The Hall–Kier alpha value is -2.91. The predicted octanol–water partition coefficient (Wildman–Crippen LogP) is 0.424. The molecular formula is C17H17BFN3O4. The number of nitrogens with two attached hydrogens (primary N) is 1. The van der Waals surface area contributed by atoms with Crippen molar-refractivity contribution in [1.29, 1.82) is 0 Å². The van der Waals surface area contributed by atoms with Crippen LogP contribution in [0.4, 0.5) is 15.8 Å². The van der Waals surface area contributed by atoms with Crippen LogP contribution in [0.25, 0.3) is 0 Å². The summed E-state index contributed by atoms with van der Waals surface area (Å²) < 4.78 is 14.1. The van der Waals surface area contributed by atoms with Crippen molar-refractivity contribution in [3.63, 3.8) is 0 Å². The zero-order chi connectivity index (χ0) is 19.3. The number of hydrogen-bond acceptors (Lipinski definition) is 5. The highest BCUT2D eigenvalue weighted by molar-refractivity contribution is 6.32. The molecule has 9 heteroatoms. The van der Waals surface area contributed by atoms with Crippen molar-refractivity contribution < 1.29 is 23.9 Å². The SMILES string of the molecule is [B]c1ccc(Nc2cc(C(N)=O)c(C)cc2C(=O)NOCCO)c(F)c1. The highest BCUT2D eigenvalue weighted by Gasteiger charge is 2.18. The normalized spacial score (nSPS) is 10.4. The fourth-order valence-corrected chi connectivity index (χ4v) is 2.26. The lowest BCUT2D eigenvalue weighted by atomic mass is 9.96. The minimum absolute atomic E-state index is 0.0591. The van der Waals surface area contributed by atoms with E-state index < -0.39 is 17.6 Å². The molecule has 0 aliphatic heterocycles. The van der Waals surface area contributed by atoms with E-state index in [-0.39, 0.29) is 41.2 Å². The van der Waals surface area contributed by atoms with Gasteiger partial charge >= 0.3 is 0 Å². The zero-order valence-electron chi connectivity index (χ0n) is 14.0. The van der Waals surface area contributed by atoms with Crippen molar-refractivity contribution in [3.8, 4) is 0 Å². The molecule has 0 spiro atoms. The number of aliphatic hydroxyl groups is 1. The number of aryl methyl sites for hydroxylation is 1. The second-order valence-electron chi connectivity index (χ2n) is 5.44. The molecular weight excluding hydrogens is 340 g/mol. The van der Waals surface area contributed by atoms with E-state index in [1.165, 1.54) is 24.3 Å². The lowest BCUT2D eigenvalue weighted by Gasteiger charge is -2.16. The average molecular weight is 357 g/mol. The number of halogens is 1. The van der Waals surface area contributed by atoms with Crippen LogP contribution in [-0.4, -0.2) is 38.0 Å². The van der Waals surface area contributed by atoms with Crippen molar-refractivity contribution in [2.45, 2.75) is 6.92 Å². The number of carbonyl (C=O) groups is 2. The monoisotopic (exact) mass is 357 g/mol. The van der Waals surface area contributed by atoms with Crippen molar-refractivity contribution in [2.75, 3.05) is 18.5 Å². The van der Waals surface area contributed by atoms with Gasteiger partial charge in [-0.15, -0.1) is 0 Å². The van der Waals surface area contributed by atoms with E-state index in [9.17, 15) is 14.0 Å². The summed E-state index contributed by atoms with van der Waals surface area (Å²) in [5, 5.41) is 11.5. The van der Waals surface area contributed by atoms with Crippen LogP contribution in [0.1, 0.15) is 26.3 Å². The van der Waals surface area contributed by atoms with Crippen LogP contribution in [-0.2, 0) is 4.84 Å². The maximum absolute atomic E-state index is 14.1. The van der Waals surface area contributed by atoms with Crippen LogP contribution in [0, 0.1) is 12.7 Å². The molecule has 0 aliphatic rings. The number of primary amides is 1. The molecule has 0 saturated carbocycles. The fourth-order valence-electron chi connectivity index (χ4n) is 2.26. The molecule has 0 atom stereocenters. The standard InChI is InChI=1S/C17H17BFN3O4/c1-9-6-12(17(25)22-26-5-4-23)15(8-11(9)16(20)24)21-14-3-2-10(18)7-13(14)19/h2-3,6-8,21,23H,4-5H2,1H3,(H2,20,24)(H,22,25). The van der Waals surface area contributed by atoms with Gasteiger partial charge in [-0.3, -0.25) is 14.4 Å². The number of hydrogen-bond donors (Lipinski definition) is 4. The number of benzene rings is 2. The molecule has 0 heterocycles. The van der Waals surface area contributed by atoms with E-state index in [1.807, 2.05) is 0 Å². The molecule has 134 valence electrons. The first-order valence-electron chi connectivity index (χ1n) is 7.63. The summed E-state index contributed by atoms with van der Waals surface area (Å²) in [4.78, 5) is 28.7. The molecule has 7 nitrogen and oxygen atoms in total. The summed E-state index contributed by atoms with van der Waals surface area (Å²) >= 11 is 0. The second kappa shape index (κ2) is 8.46. The molecule has 2 amide bonds. The maximum atomic E-state index is 14.1. The van der Waals surface area contributed by atoms with Crippen molar-refractivity contribution in [2.24, 2.45) is 5.73 Å². The van der Waals surface area contributed by atoms with Crippen LogP contribution < -0.4 is 22.0 Å². The second-order valence-corrected chi connectivity index (χ2v) is 5.44. The number of carbonyl (C=O) groups excluding carboxylic acids is 2. The third-order valence-electron chi connectivity index (χ3n) is 3.50. The van der Waals surface area contributed by atoms with E-state index in [1.54, 1.807) is 6.92 Å². The maximum Gasteiger partial charge on any atom is 0.276 e. The van der Waals surface area contributed by atoms with Crippen LogP contribution in [0.3, 0.4) is 0 Å². The van der Waals surface area contributed by atoms with Gasteiger partial charge in [0.05, 0.1) is 30.2 Å². The minimum atomic E-state index is -0.688. The van der Waals surface area contributed by atoms with Crippen molar-refractivity contribution >= 4 is 36.5 Å². The molecule has 2 aromatic carbocycles. The first-order valence-corrected chi connectivity index (χ1v) is 7.63. The summed E-state index contributed by atoms with van der Waals surface area (Å²) in [6.07, 6.45) is 0. The number of aliphatic hydroxyl groups excluding tert-OH is 1. The minimum Gasteiger partial charge on any atom is -0.394 e. The molecule has 0 saturated heterocycles. The number of amides is 2. The van der Waals surface area contributed by atoms with Crippen LogP contribution in [0.15, 0.2) is 30.3 Å². The van der Waals surface area contributed by atoms with Crippen LogP contribution >= 0.6 is 0 Å². The Balaban J connectivity index is 2.44. The molecule has 0 aromatic heterocycles. The third kappa shape index (κ3) is 4.59. The molecule has 0 fully saturated rings. The van der Waals surface area contributed by atoms with Gasteiger partial charge in [-0.05, 0) is 36.8 Å². The topological polar surface area (TPSA) is 114 Å². The lowest BCUT2D eigenvalue weighted by molar-refractivity contribution is 0.0169. The predicted molar refractivity (Wildman–Crippen MR) is 95.3 cm³/mol. The van der Waals surface area contributed by atoms with Gasteiger partial charge in [0.1, 0.15) is 13.7 Å². The van der Waals surface area contributed by atoms with Gasteiger partial charge in [-0.2, -0.15) is 0 Å². The summed E-state index contributed by atoms with van der Waals surface area (Å²) in [5.41, 5.74) is 8.69. The third-order valence-corrected chi connectivity index (χ3v) is 3.50. The Labute approximate surface area is 150 Å². The zero-order valence-corrected chi connectivity index (χ0v) is 14.0. The van der Waals surface area contributed by atoms with Gasteiger partial charge in [0.2, 0.25) is 5.91 Å². The summed E-state index contributed by atoms with van der Waals surface area (Å²) in [6, 6.07) is 6.79. The number of nitrogens with one attached hydrogen (secondary N) is 2. The number of rotatable bonds is 7. The van der Waals surface area contributed by atoms with Gasteiger partial charge in [0.25, 0.3) is 5.91 Å². The molecule has 0 aliphatic carbocycles. The molecule has 2 radical (unpaired) electrons. The Morgan fingerprint density at radius 1 is 1.23 bits per heavy atom. The van der Waals surface area contributed by atoms with E-state index in [2.05, 4.69) is 10.8 Å². The number of anilines is 2. The smallest absolute Gasteiger partial charge is 0.276 e. The van der Waals surface area contributed by atoms with Gasteiger partial charge in [-0.1, -0.05) is 11.5 Å². The van der Waals surface area contributed by atoms with E-state index >= 15 is 0 Å². The highest BCUT2D eigenvalue weighted by atomic mass is 19.1. The first kappa shape index (κ1) is 19.4. The Morgan fingerprint density at radius 3 is 2.58 bits per heavy atom. The van der Waals surface area contributed by atoms with E-state index in [0.29, 0.717) is 5.56 Å². The highest BCUT2D eigenvalue weighted by Crippen LogP contribution is 2.26. The number of hydroxylamine groups is 1. The van der Waals surface area contributed by atoms with E-state index in [4.69, 9.17) is 23.5 Å². The largest absolute Gasteiger partial charge is 0.394 e. The molecule has 26 heavy (non-hydrogen) atoms. The molecule has 2 rings (SSSR count). The Morgan fingerprint density at radius 2 is 1.96 bits per heavy atom. The van der Waals surface area contributed by atoms with E-state index in [0.717, 1.165) is 6.07 Å². The molecule has 2 aromatic rings. The van der Waals surface area contributed by atoms with Crippen LogP contribution in [0.5, 0.6) is 0 Å². The average Bonchev–Trinajstić information content (AvgIpc) is 2.58. The van der Waals surface area contributed by atoms with Crippen LogP contribution in [0.2, 0.25) is 0 Å². The molecule has 0 bridgehead atoms. The lowest BCUT2D eigenvalue weighted by Crippen LogP contribution is -2.26. The molecule has 0 unspecified atom stereocenters. The van der Waals surface area contributed by atoms with Gasteiger partial charge in [0, 0.05) is 5.56 Å². The van der Waals surface area contributed by atoms with Gasteiger partial charge in [-0.25, -0.2) is 9.87 Å². The Kier molecular flexibility index (Phi) is 6.32. The first-order chi connectivity index (χ1) is 12.3. The summed E-state index contributed by atoms with van der Waals surface area (Å²) in [6.45, 7) is 1.24.